The number of hydrogen-bond donors (Lipinski definition) is 0. The fourth-order valence-corrected chi connectivity index (χ4v) is 2.04. The summed E-state index contributed by atoms with van der Waals surface area (Å²) in [5, 5.41) is 0. The Morgan fingerprint density at radius 2 is 1.40 bits per heavy atom. The number of allylic oxidation sites excluding steroid dienone is 2. The van der Waals surface area contributed by atoms with E-state index < -0.39 is 0 Å². The Bertz CT molecular complexity index is 234. The van der Waals surface area contributed by atoms with Crippen LogP contribution in [0.5, 0.6) is 0 Å². The van der Waals surface area contributed by atoms with E-state index in [1.54, 1.807) is 0 Å². The van der Waals surface area contributed by atoms with Crippen LogP contribution in [0.25, 0.3) is 0 Å². The van der Waals surface area contributed by atoms with Crippen LogP contribution in [0, 0.1) is 0 Å². The fraction of sp³-hybridized carbons (Fsp3) is 0.833. The van der Waals surface area contributed by atoms with Crippen molar-refractivity contribution in [3.05, 3.63) is 12.2 Å². The zero-order chi connectivity index (χ0) is 14.9. The van der Waals surface area contributed by atoms with Crippen molar-refractivity contribution in [3.63, 3.8) is 0 Å². The molecule has 0 unspecified atom stereocenters. The van der Waals surface area contributed by atoms with Gasteiger partial charge < -0.3 is 4.74 Å². The monoisotopic (exact) mass is 282 g/mol. The van der Waals surface area contributed by atoms with E-state index in [2.05, 4.69) is 26.0 Å². The maximum Gasteiger partial charge on any atom is 0.305 e. The van der Waals surface area contributed by atoms with Gasteiger partial charge in [-0.1, -0.05) is 64.5 Å². The van der Waals surface area contributed by atoms with Gasteiger partial charge in [0.1, 0.15) is 0 Å². The van der Waals surface area contributed by atoms with E-state index >= 15 is 0 Å². The Morgan fingerprint density at radius 1 is 0.800 bits per heavy atom. The van der Waals surface area contributed by atoms with Gasteiger partial charge in [-0.2, -0.15) is 0 Å². The minimum Gasteiger partial charge on any atom is -0.466 e. The smallest absolute Gasteiger partial charge is 0.305 e. The average molecular weight is 282 g/mol. The third kappa shape index (κ3) is 15.3. The Hall–Kier alpha value is -0.790. The van der Waals surface area contributed by atoms with Crippen molar-refractivity contribution >= 4 is 5.97 Å². The lowest BCUT2D eigenvalue weighted by molar-refractivity contribution is -0.143. The summed E-state index contributed by atoms with van der Waals surface area (Å²) in [6.45, 7) is 4.94. The number of unbranched alkanes of at least 4 members (excludes halogenated alkanes) is 8. The first-order valence-corrected chi connectivity index (χ1v) is 8.61. The minimum absolute atomic E-state index is 0.0391. The second-order valence-corrected chi connectivity index (χ2v) is 5.49. The van der Waals surface area contributed by atoms with E-state index in [0.29, 0.717) is 13.0 Å². The lowest BCUT2D eigenvalue weighted by atomic mass is 10.1. The van der Waals surface area contributed by atoms with Gasteiger partial charge in [0.25, 0.3) is 0 Å². The molecule has 2 heteroatoms. The van der Waals surface area contributed by atoms with Gasteiger partial charge in [0.15, 0.2) is 0 Å². The molecular formula is C18H34O2. The Balaban J connectivity index is 3.21. The summed E-state index contributed by atoms with van der Waals surface area (Å²) in [5.74, 6) is -0.0391. The molecule has 0 aliphatic heterocycles. The van der Waals surface area contributed by atoms with E-state index in [1.165, 1.54) is 44.9 Å². The van der Waals surface area contributed by atoms with Gasteiger partial charge in [0, 0.05) is 6.42 Å². The molecular weight excluding hydrogens is 248 g/mol. The van der Waals surface area contributed by atoms with Crippen molar-refractivity contribution in [1.82, 2.24) is 0 Å². The first-order chi connectivity index (χ1) is 9.81. The number of ether oxygens (including phenoxy) is 1. The van der Waals surface area contributed by atoms with Crippen LogP contribution in [0.1, 0.15) is 90.9 Å². The lowest BCUT2D eigenvalue weighted by Crippen LogP contribution is -2.04. The summed E-state index contributed by atoms with van der Waals surface area (Å²) in [5.41, 5.74) is 0. The number of esters is 1. The molecule has 0 radical (unpaired) electrons. The quantitative estimate of drug-likeness (QED) is 0.228. The highest BCUT2D eigenvalue weighted by molar-refractivity contribution is 5.69. The number of hydrogen-bond acceptors (Lipinski definition) is 2. The predicted molar refractivity (Wildman–Crippen MR) is 86.9 cm³/mol. The molecule has 0 aromatic rings. The number of carbonyl (C=O) groups excluding carboxylic acids is 1. The summed E-state index contributed by atoms with van der Waals surface area (Å²) in [4.78, 5) is 11.3. The number of carbonyl (C=O) groups is 1. The van der Waals surface area contributed by atoms with Crippen LogP contribution in [-0.2, 0) is 9.53 Å². The van der Waals surface area contributed by atoms with Gasteiger partial charge >= 0.3 is 5.97 Å². The van der Waals surface area contributed by atoms with Crippen molar-refractivity contribution < 1.29 is 9.53 Å². The molecule has 0 heterocycles. The van der Waals surface area contributed by atoms with Gasteiger partial charge in [-0.15, -0.1) is 0 Å². The van der Waals surface area contributed by atoms with Crippen molar-refractivity contribution in [1.29, 1.82) is 0 Å². The molecule has 118 valence electrons. The van der Waals surface area contributed by atoms with Gasteiger partial charge in [0.2, 0.25) is 0 Å². The molecule has 0 aliphatic rings. The van der Waals surface area contributed by atoms with Gasteiger partial charge in [-0.05, 0) is 32.1 Å². The summed E-state index contributed by atoms with van der Waals surface area (Å²) in [6, 6.07) is 0. The highest BCUT2D eigenvalue weighted by Gasteiger charge is 2.00. The Labute approximate surface area is 126 Å². The predicted octanol–water partition coefficient (Wildman–Crippen LogP) is 5.81. The molecule has 0 saturated heterocycles. The average Bonchev–Trinajstić information content (AvgIpc) is 2.45. The molecule has 0 saturated carbocycles. The van der Waals surface area contributed by atoms with Crippen LogP contribution in [-0.4, -0.2) is 12.6 Å². The highest BCUT2D eigenvalue weighted by atomic mass is 16.5. The van der Waals surface area contributed by atoms with Crippen molar-refractivity contribution in [2.24, 2.45) is 0 Å². The molecule has 0 aromatic heterocycles. The first kappa shape index (κ1) is 19.2. The Morgan fingerprint density at radius 3 is 2.10 bits per heavy atom. The van der Waals surface area contributed by atoms with Gasteiger partial charge in [0.05, 0.1) is 6.61 Å². The first-order valence-electron chi connectivity index (χ1n) is 8.61. The zero-order valence-electron chi connectivity index (χ0n) is 13.7. The van der Waals surface area contributed by atoms with Gasteiger partial charge in [-0.25, -0.2) is 0 Å². The Kier molecular flexibility index (Phi) is 15.6. The van der Waals surface area contributed by atoms with Crippen molar-refractivity contribution in [2.45, 2.75) is 90.9 Å². The van der Waals surface area contributed by atoms with Crippen LogP contribution in [0.4, 0.5) is 0 Å². The summed E-state index contributed by atoms with van der Waals surface area (Å²) >= 11 is 0. The second-order valence-electron chi connectivity index (χ2n) is 5.49. The summed E-state index contributed by atoms with van der Waals surface area (Å²) in [7, 11) is 0. The third-order valence-electron chi connectivity index (χ3n) is 3.40. The van der Waals surface area contributed by atoms with E-state index in [1.807, 2.05) is 0 Å². The van der Waals surface area contributed by atoms with E-state index in [0.717, 1.165) is 25.7 Å². The fourth-order valence-electron chi connectivity index (χ4n) is 2.04. The third-order valence-corrected chi connectivity index (χ3v) is 3.40. The maximum absolute atomic E-state index is 11.3. The molecule has 0 N–H and O–H groups in total. The normalized spacial score (nSPS) is 11.1. The highest BCUT2D eigenvalue weighted by Crippen LogP contribution is 2.08. The van der Waals surface area contributed by atoms with E-state index in [4.69, 9.17) is 4.74 Å². The minimum atomic E-state index is -0.0391. The molecule has 0 bridgehead atoms. The van der Waals surface area contributed by atoms with Crippen LogP contribution in [0.15, 0.2) is 12.2 Å². The maximum atomic E-state index is 11.3. The molecule has 0 fully saturated rings. The molecule has 0 amide bonds. The lowest BCUT2D eigenvalue weighted by Gasteiger charge is -2.02. The topological polar surface area (TPSA) is 26.3 Å². The largest absolute Gasteiger partial charge is 0.466 e. The van der Waals surface area contributed by atoms with Crippen LogP contribution < -0.4 is 0 Å². The molecule has 20 heavy (non-hydrogen) atoms. The SMILES string of the molecule is CCCCCCCC/C=C/CCCC(=O)OCCCC. The molecule has 0 spiro atoms. The standard InChI is InChI=1S/C18H34O2/c1-3-5-7-8-9-10-11-12-13-14-15-16-18(19)20-17-6-4-2/h12-13H,3-11,14-17H2,1-2H3/b13-12+. The molecule has 0 aliphatic carbocycles. The molecule has 2 nitrogen and oxygen atoms in total. The summed E-state index contributed by atoms with van der Waals surface area (Å²) < 4.78 is 5.11. The van der Waals surface area contributed by atoms with Crippen molar-refractivity contribution in [2.75, 3.05) is 6.61 Å². The van der Waals surface area contributed by atoms with Crippen LogP contribution >= 0.6 is 0 Å². The van der Waals surface area contributed by atoms with E-state index in [-0.39, 0.29) is 5.97 Å². The number of rotatable bonds is 14. The summed E-state index contributed by atoms with van der Waals surface area (Å²) in [6.07, 6.45) is 18.3. The molecule has 0 atom stereocenters. The molecule has 0 rings (SSSR count). The van der Waals surface area contributed by atoms with Crippen LogP contribution in [0.3, 0.4) is 0 Å². The second kappa shape index (κ2) is 16.3. The van der Waals surface area contributed by atoms with Crippen molar-refractivity contribution in [3.8, 4) is 0 Å². The van der Waals surface area contributed by atoms with Crippen LogP contribution in [0.2, 0.25) is 0 Å². The van der Waals surface area contributed by atoms with E-state index in [9.17, 15) is 4.79 Å². The van der Waals surface area contributed by atoms with Gasteiger partial charge in [-0.3, -0.25) is 4.79 Å². The molecule has 0 aromatic carbocycles. The zero-order valence-corrected chi connectivity index (χ0v) is 13.7.